The summed E-state index contributed by atoms with van der Waals surface area (Å²) >= 11 is 0. The molecule has 2 saturated heterocycles. The number of nitrogens with zero attached hydrogens (tertiary/aromatic N) is 6. The number of anilines is 1. The lowest BCUT2D eigenvalue weighted by Gasteiger charge is -2.37. The van der Waals surface area contributed by atoms with E-state index in [2.05, 4.69) is 24.5 Å². The van der Waals surface area contributed by atoms with Gasteiger partial charge >= 0.3 is 6.09 Å². The molecule has 12 nitrogen and oxygen atoms in total. The molecule has 0 radical (unpaired) electrons. The van der Waals surface area contributed by atoms with Crippen LogP contribution in [0.15, 0.2) is 53.6 Å². The first-order valence-corrected chi connectivity index (χ1v) is 23.9. The Morgan fingerprint density at radius 2 is 1.77 bits per heavy atom. The van der Waals surface area contributed by atoms with Crippen molar-refractivity contribution >= 4 is 46.7 Å². The molecule has 1 saturated carbocycles. The van der Waals surface area contributed by atoms with Crippen molar-refractivity contribution in [2.75, 3.05) is 57.6 Å². The standard InChI is InChI=1S/C38H55FN6O6SSi/c1-28(2)36(46)42-16-14-41(15-17-42)34-21-32(52(48,49)44(38(3)12-13-38)27-50-18-19-53(4,5)6)22-35-33(34)24-40-45(35)31-20-30(23-39)43(25-31)37(47)51-26-29-10-8-7-9-11-29/h7-11,21-22,24,28,30-31H,12-20,23,25-27H2,1-6H3/t30-,31+/m0/s1. The third kappa shape index (κ3) is 8.73. The zero-order valence-electron chi connectivity index (χ0n) is 32.0. The zero-order chi connectivity index (χ0) is 38.1. The van der Waals surface area contributed by atoms with Crippen LogP contribution in [-0.4, -0.2) is 117 Å². The van der Waals surface area contributed by atoms with E-state index >= 15 is 0 Å². The second-order valence-electron chi connectivity index (χ2n) is 16.5. The van der Waals surface area contributed by atoms with Crippen LogP contribution in [0.25, 0.3) is 10.9 Å². The average molecular weight is 771 g/mol. The van der Waals surface area contributed by atoms with Gasteiger partial charge in [-0.3, -0.25) is 9.48 Å². The molecule has 15 heteroatoms. The Labute approximate surface area is 314 Å². The SMILES string of the molecule is CC(C)C(=O)N1CCN(c2cc(S(=O)(=O)N(COCC[Si](C)(C)C)C3(C)CC3)cc3c2cnn3[C@@H]2C[C@@H](CF)N(C(=O)OCc3ccccc3)C2)CC1. The Bertz CT molecular complexity index is 1870. The Balaban J connectivity index is 1.33. The number of piperazine rings is 1. The Morgan fingerprint density at radius 1 is 1.08 bits per heavy atom. The maximum atomic E-state index is 14.7. The Kier molecular flexibility index (Phi) is 11.6. The molecule has 2 amide bonds. The number of likely N-dealkylation sites (tertiary alicyclic amines) is 1. The molecule has 290 valence electrons. The van der Waals surface area contributed by atoms with Crippen molar-refractivity contribution in [3.05, 3.63) is 54.2 Å². The molecule has 3 aromatic rings. The molecule has 2 aliphatic heterocycles. The number of aromatic nitrogens is 2. The minimum Gasteiger partial charge on any atom is -0.445 e. The number of carbonyl (C=O) groups is 2. The molecule has 3 aliphatic rings. The van der Waals surface area contributed by atoms with E-state index in [1.54, 1.807) is 23.0 Å². The third-order valence-corrected chi connectivity index (χ3v) is 14.5. The molecular formula is C38H55FN6O6SSi. The summed E-state index contributed by atoms with van der Waals surface area (Å²) in [6.07, 6.45) is 2.91. The van der Waals surface area contributed by atoms with Gasteiger partial charge in [0.25, 0.3) is 0 Å². The number of hydrogen-bond acceptors (Lipinski definition) is 8. The van der Waals surface area contributed by atoms with Gasteiger partial charge in [-0.1, -0.05) is 63.8 Å². The van der Waals surface area contributed by atoms with Gasteiger partial charge in [0.15, 0.2) is 0 Å². The maximum Gasteiger partial charge on any atom is 0.410 e. The van der Waals surface area contributed by atoms with Gasteiger partial charge in [-0.05, 0) is 49.9 Å². The summed E-state index contributed by atoms with van der Waals surface area (Å²) < 4.78 is 58.8. The van der Waals surface area contributed by atoms with Crippen molar-refractivity contribution in [1.82, 2.24) is 23.9 Å². The van der Waals surface area contributed by atoms with Crippen molar-refractivity contribution < 1.29 is 31.9 Å². The molecule has 0 bridgehead atoms. The van der Waals surface area contributed by atoms with Crippen molar-refractivity contribution in [2.24, 2.45) is 5.92 Å². The van der Waals surface area contributed by atoms with Crippen LogP contribution >= 0.6 is 0 Å². The monoisotopic (exact) mass is 770 g/mol. The molecule has 2 aromatic carbocycles. The van der Waals surface area contributed by atoms with Gasteiger partial charge in [-0.25, -0.2) is 17.6 Å². The number of ether oxygens (including phenoxy) is 2. The van der Waals surface area contributed by atoms with Crippen LogP contribution in [-0.2, 0) is 30.9 Å². The lowest BCUT2D eigenvalue weighted by atomic mass is 10.1. The molecule has 0 spiro atoms. The number of carbonyl (C=O) groups excluding carboxylic acids is 2. The van der Waals surface area contributed by atoms with Crippen LogP contribution in [0.4, 0.5) is 14.9 Å². The van der Waals surface area contributed by atoms with Gasteiger partial charge in [0.2, 0.25) is 15.9 Å². The first-order chi connectivity index (χ1) is 25.1. The molecular weight excluding hydrogens is 716 g/mol. The molecule has 3 fully saturated rings. The van der Waals surface area contributed by atoms with E-state index in [0.29, 0.717) is 50.4 Å². The predicted molar refractivity (Wildman–Crippen MR) is 206 cm³/mol. The molecule has 6 rings (SSSR count). The summed E-state index contributed by atoms with van der Waals surface area (Å²) in [6.45, 7) is 14.6. The van der Waals surface area contributed by atoms with Gasteiger partial charge in [0.05, 0.1) is 28.7 Å². The van der Waals surface area contributed by atoms with Gasteiger partial charge in [-0.2, -0.15) is 9.40 Å². The largest absolute Gasteiger partial charge is 0.445 e. The molecule has 0 N–H and O–H groups in total. The maximum absolute atomic E-state index is 14.7. The molecule has 53 heavy (non-hydrogen) atoms. The summed E-state index contributed by atoms with van der Waals surface area (Å²) in [5.41, 5.74) is 1.59. The van der Waals surface area contributed by atoms with E-state index < -0.39 is 48.5 Å². The Morgan fingerprint density at radius 3 is 2.40 bits per heavy atom. The highest BCUT2D eigenvalue weighted by Gasteiger charge is 2.50. The number of benzene rings is 2. The van der Waals surface area contributed by atoms with Gasteiger partial charge in [-0.15, -0.1) is 0 Å². The summed E-state index contributed by atoms with van der Waals surface area (Å²) in [7, 11) is -5.43. The fraction of sp³-hybridized carbons (Fsp3) is 0.605. The Hall–Kier alpha value is -3.53. The number of halogens is 1. The summed E-state index contributed by atoms with van der Waals surface area (Å²) in [5.74, 6) is -0.0191. The van der Waals surface area contributed by atoms with E-state index in [9.17, 15) is 22.4 Å². The summed E-state index contributed by atoms with van der Waals surface area (Å²) in [5, 5.41) is 5.52. The number of hydrogen-bond donors (Lipinski definition) is 0. The third-order valence-electron chi connectivity index (χ3n) is 10.8. The number of rotatable bonds is 14. The molecule has 2 atom stereocenters. The number of fused-ring (bicyclic) bond motifs is 1. The predicted octanol–water partition coefficient (Wildman–Crippen LogP) is 6.12. The molecule has 3 heterocycles. The fourth-order valence-corrected chi connectivity index (χ4v) is 9.68. The highest BCUT2D eigenvalue weighted by molar-refractivity contribution is 7.89. The lowest BCUT2D eigenvalue weighted by Crippen LogP contribution is -2.50. The second-order valence-corrected chi connectivity index (χ2v) is 24.0. The second kappa shape index (κ2) is 15.7. The molecule has 1 aliphatic carbocycles. The number of sulfonamides is 1. The van der Waals surface area contributed by atoms with Crippen LogP contribution in [0.5, 0.6) is 0 Å². The first kappa shape index (κ1) is 39.2. The quantitative estimate of drug-likeness (QED) is 0.109. The number of amides is 2. The normalized spacial score (nSPS) is 20.5. The minimum absolute atomic E-state index is 0.0349. The fourth-order valence-electron chi connectivity index (χ4n) is 7.18. The summed E-state index contributed by atoms with van der Waals surface area (Å²) in [6, 6.07) is 12.5. The van der Waals surface area contributed by atoms with Gasteiger partial charge in [0, 0.05) is 69.9 Å². The first-order valence-electron chi connectivity index (χ1n) is 18.8. The highest BCUT2D eigenvalue weighted by atomic mass is 32.2. The average Bonchev–Trinajstić information content (AvgIpc) is 3.51. The minimum atomic E-state index is -4.05. The van der Waals surface area contributed by atoms with Crippen LogP contribution in [0.3, 0.4) is 0 Å². The topological polar surface area (TPSA) is 118 Å². The van der Waals surface area contributed by atoms with Gasteiger partial charge in [0.1, 0.15) is 20.0 Å². The van der Waals surface area contributed by atoms with Crippen LogP contribution in [0.2, 0.25) is 25.7 Å². The van der Waals surface area contributed by atoms with Crippen molar-refractivity contribution in [2.45, 2.75) is 94.8 Å². The van der Waals surface area contributed by atoms with E-state index in [1.165, 1.54) is 9.21 Å². The van der Waals surface area contributed by atoms with E-state index in [1.807, 2.05) is 56.0 Å². The zero-order valence-corrected chi connectivity index (χ0v) is 33.8. The van der Waals surface area contributed by atoms with E-state index in [0.717, 1.165) is 29.8 Å². The van der Waals surface area contributed by atoms with E-state index in [-0.39, 0.29) is 36.6 Å². The number of alkyl halides is 1. The molecule has 1 aromatic heterocycles. The van der Waals surface area contributed by atoms with Crippen molar-refractivity contribution in [3.63, 3.8) is 0 Å². The smallest absolute Gasteiger partial charge is 0.410 e. The highest BCUT2D eigenvalue weighted by Crippen LogP contribution is 2.45. The van der Waals surface area contributed by atoms with Crippen molar-refractivity contribution in [1.29, 1.82) is 0 Å². The molecule has 0 unspecified atom stereocenters. The van der Waals surface area contributed by atoms with Crippen molar-refractivity contribution in [3.8, 4) is 0 Å². The van der Waals surface area contributed by atoms with Crippen LogP contribution < -0.4 is 4.90 Å². The van der Waals surface area contributed by atoms with Crippen LogP contribution in [0, 0.1) is 5.92 Å². The van der Waals surface area contributed by atoms with Crippen LogP contribution in [0.1, 0.15) is 51.6 Å². The van der Waals surface area contributed by atoms with E-state index in [4.69, 9.17) is 14.6 Å². The lowest BCUT2D eigenvalue weighted by molar-refractivity contribution is -0.134. The summed E-state index contributed by atoms with van der Waals surface area (Å²) in [4.78, 5) is 31.6. The van der Waals surface area contributed by atoms with Gasteiger partial charge < -0.3 is 24.2 Å².